The SMILES string of the molecule is [CH2]CNOC(C)C(C)CC. The fourth-order valence-corrected chi connectivity index (χ4v) is 0.638. The topological polar surface area (TPSA) is 21.3 Å². The highest BCUT2D eigenvalue weighted by Gasteiger charge is 2.09. The van der Waals surface area contributed by atoms with E-state index in [4.69, 9.17) is 4.84 Å². The summed E-state index contributed by atoms with van der Waals surface area (Å²) in [5.74, 6) is 0.610. The lowest BCUT2D eigenvalue weighted by atomic mass is 10.0. The zero-order chi connectivity index (χ0) is 7.98. The van der Waals surface area contributed by atoms with E-state index in [0.29, 0.717) is 12.5 Å². The monoisotopic (exact) mass is 144 g/mol. The molecule has 0 saturated carbocycles. The van der Waals surface area contributed by atoms with Crippen molar-refractivity contribution in [1.82, 2.24) is 5.48 Å². The normalized spacial score (nSPS) is 16.8. The van der Waals surface area contributed by atoms with Crippen molar-refractivity contribution in [2.45, 2.75) is 33.3 Å². The second-order valence-corrected chi connectivity index (χ2v) is 2.60. The van der Waals surface area contributed by atoms with E-state index in [1.165, 1.54) is 0 Å². The predicted octanol–water partition coefficient (Wildman–Crippen LogP) is 1.78. The summed E-state index contributed by atoms with van der Waals surface area (Å²) in [6.07, 6.45) is 1.44. The van der Waals surface area contributed by atoms with Gasteiger partial charge in [0.15, 0.2) is 0 Å². The van der Waals surface area contributed by atoms with Crippen LogP contribution in [0.1, 0.15) is 27.2 Å². The smallest absolute Gasteiger partial charge is 0.0787 e. The van der Waals surface area contributed by atoms with Crippen LogP contribution in [0.25, 0.3) is 0 Å². The minimum absolute atomic E-state index is 0.284. The first-order valence-corrected chi connectivity index (χ1v) is 3.90. The maximum Gasteiger partial charge on any atom is 0.0787 e. The van der Waals surface area contributed by atoms with Gasteiger partial charge in [0.25, 0.3) is 0 Å². The molecular weight excluding hydrogens is 126 g/mol. The molecule has 0 aromatic carbocycles. The Labute approximate surface area is 63.9 Å². The van der Waals surface area contributed by atoms with E-state index in [0.717, 1.165) is 6.42 Å². The molecule has 2 atom stereocenters. The van der Waals surface area contributed by atoms with E-state index in [2.05, 4.69) is 33.2 Å². The van der Waals surface area contributed by atoms with E-state index < -0.39 is 0 Å². The van der Waals surface area contributed by atoms with Crippen molar-refractivity contribution in [3.8, 4) is 0 Å². The first-order chi connectivity index (χ1) is 4.72. The van der Waals surface area contributed by atoms with E-state index in [1.807, 2.05) is 0 Å². The Bertz CT molecular complexity index is 75.7. The summed E-state index contributed by atoms with van der Waals surface area (Å²) in [7, 11) is 0. The van der Waals surface area contributed by atoms with Gasteiger partial charge in [-0.05, 0) is 19.8 Å². The molecule has 0 aliphatic rings. The van der Waals surface area contributed by atoms with E-state index in [9.17, 15) is 0 Å². The van der Waals surface area contributed by atoms with Crippen LogP contribution in [-0.4, -0.2) is 12.6 Å². The fourth-order valence-electron chi connectivity index (χ4n) is 0.638. The molecule has 0 amide bonds. The first kappa shape index (κ1) is 9.92. The average molecular weight is 144 g/mol. The van der Waals surface area contributed by atoms with Gasteiger partial charge < -0.3 is 0 Å². The van der Waals surface area contributed by atoms with Crippen LogP contribution < -0.4 is 5.48 Å². The molecule has 0 bridgehead atoms. The van der Waals surface area contributed by atoms with Gasteiger partial charge in [-0.2, -0.15) is 0 Å². The van der Waals surface area contributed by atoms with Crippen molar-refractivity contribution in [3.05, 3.63) is 6.92 Å². The number of hydrogen-bond acceptors (Lipinski definition) is 2. The van der Waals surface area contributed by atoms with Gasteiger partial charge in [0.1, 0.15) is 0 Å². The molecule has 10 heavy (non-hydrogen) atoms. The summed E-state index contributed by atoms with van der Waals surface area (Å²) in [6.45, 7) is 10.6. The lowest BCUT2D eigenvalue weighted by molar-refractivity contribution is -0.0370. The van der Waals surface area contributed by atoms with Crippen LogP contribution in [-0.2, 0) is 4.84 Å². The van der Waals surface area contributed by atoms with Crippen molar-refractivity contribution in [2.75, 3.05) is 6.54 Å². The molecule has 61 valence electrons. The number of rotatable bonds is 5. The zero-order valence-corrected chi connectivity index (χ0v) is 7.18. The molecule has 0 fully saturated rings. The van der Waals surface area contributed by atoms with Gasteiger partial charge in [-0.25, -0.2) is 5.48 Å². The van der Waals surface area contributed by atoms with Crippen LogP contribution in [0.4, 0.5) is 0 Å². The lowest BCUT2D eigenvalue weighted by Gasteiger charge is -2.17. The summed E-state index contributed by atoms with van der Waals surface area (Å²) in [5, 5.41) is 0. The molecular formula is C8H18NO. The Morgan fingerprint density at radius 1 is 1.50 bits per heavy atom. The minimum atomic E-state index is 0.284. The Morgan fingerprint density at radius 3 is 2.50 bits per heavy atom. The number of hydroxylamine groups is 1. The van der Waals surface area contributed by atoms with Crippen LogP contribution in [0.15, 0.2) is 0 Å². The molecule has 0 aromatic rings. The molecule has 1 radical (unpaired) electrons. The van der Waals surface area contributed by atoms with E-state index >= 15 is 0 Å². The third-order valence-electron chi connectivity index (χ3n) is 1.82. The second kappa shape index (κ2) is 5.69. The van der Waals surface area contributed by atoms with Gasteiger partial charge >= 0.3 is 0 Å². The quantitative estimate of drug-likeness (QED) is 0.594. The van der Waals surface area contributed by atoms with Crippen LogP contribution in [0.2, 0.25) is 0 Å². The standard InChI is InChI=1S/C8H18NO/c1-5-7(3)8(4)10-9-6-2/h7-9H,2,5-6H2,1,3-4H3. The lowest BCUT2D eigenvalue weighted by Crippen LogP contribution is -2.26. The molecule has 0 aromatic heterocycles. The Kier molecular flexibility index (Phi) is 5.64. The van der Waals surface area contributed by atoms with Crippen molar-refractivity contribution in [3.63, 3.8) is 0 Å². The summed E-state index contributed by atoms with van der Waals surface area (Å²) >= 11 is 0. The van der Waals surface area contributed by atoms with Crippen LogP contribution in [0, 0.1) is 12.8 Å². The molecule has 2 nitrogen and oxygen atoms in total. The fraction of sp³-hybridized carbons (Fsp3) is 0.875. The average Bonchev–Trinajstić information content (AvgIpc) is 1.98. The largest absolute Gasteiger partial charge is 0.299 e. The molecule has 0 heterocycles. The molecule has 0 spiro atoms. The highest BCUT2D eigenvalue weighted by atomic mass is 16.7. The molecule has 0 rings (SSSR count). The number of hydrogen-bond donors (Lipinski definition) is 1. The Hall–Kier alpha value is -0.0800. The predicted molar refractivity (Wildman–Crippen MR) is 43.4 cm³/mol. The summed E-state index contributed by atoms with van der Waals surface area (Å²) in [6, 6.07) is 0. The summed E-state index contributed by atoms with van der Waals surface area (Å²) < 4.78 is 0. The van der Waals surface area contributed by atoms with Gasteiger partial charge in [0.05, 0.1) is 6.10 Å². The first-order valence-electron chi connectivity index (χ1n) is 3.90. The third-order valence-corrected chi connectivity index (χ3v) is 1.82. The maximum atomic E-state index is 5.23. The van der Waals surface area contributed by atoms with E-state index in [-0.39, 0.29) is 6.10 Å². The molecule has 0 saturated heterocycles. The van der Waals surface area contributed by atoms with Gasteiger partial charge in [0.2, 0.25) is 0 Å². The third kappa shape index (κ3) is 3.85. The van der Waals surface area contributed by atoms with Gasteiger partial charge in [-0.15, -0.1) is 0 Å². The second-order valence-electron chi connectivity index (χ2n) is 2.60. The minimum Gasteiger partial charge on any atom is -0.299 e. The van der Waals surface area contributed by atoms with Crippen molar-refractivity contribution < 1.29 is 4.84 Å². The van der Waals surface area contributed by atoms with E-state index in [1.54, 1.807) is 0 Å². The highest BCUT2D eigenvalue weighted by molar-refractivity contribution is 4.57. The Balaban J connectivity index is 3.31. The van der Waals surface area contributed by atoms with Gasteiger partial charge in [-0.3, -0.25) is 4.84 Å². The zero-order valence-electron chi connectivity index (χ0n) is 7.18. The molecule has 2 heteroatoms. The number of nitrogens with one attached hydrogen (secondary N) is 1. The molecule has 0 aliphatic carbocycles. The van der Waals surface area contributed by atoms with Gasteiger partial charge in [0, 0.05) is 6.54 Å². The maximum absolute atomic E-state index is 5.23. The van der Waals surface area contributed by atoms with Crippen molar-refractivity contribution in [1.29, 1.82) is 0 Å². The molecule has 0 aliphatic heterocycles. The van der Waals surface area contributed by atoms with Crippen LogP contribution in [0.5, 0.6) is 0 Å². The Morgan fingerprint density at radius 2 is 2.10 bits per heavy atom. The van der Waals surface area contributed by atoms with Gasteiger partial charge in [-0.1, -0.05) is 20.3 Å². The molecule has 1 N–H and O–H groups in total. The highest BCUT2D eigenvalue weighted by Crippen LogP contribution is 2.08. The van der Waals surface area contributed by atoms with Crippen molar-refractivity contribution >= 4 is 0 Å². The van der Waals surface area contributed by atoms with Crippen LogP contribution in [0.3, 0.4) is 0 Å². The molecule has 2 unspecified atom stereocenters. The summed E-state index contributed by atoms with van der Waals surface area (Å²) in [5.41, 5.74) is 2.75. The van der Waals surface area contributed by atoms with Crippen molar-refractivity contribution in [2.24, 2.45) is 5.92 Å². The summed E-state index contributed by atoms with van der Waals surface area (Å²) in [4.78, 5) is 5.23. The van der Waals surface area contributed by atoms with Crippen LogP contribution >= 0.6 is 0 Å².